The summed E-state index contributed by atoms with van der Waals surface area (Å²) in [6.07, 6.45) is 6.18. The monoisotopic (exact) mass is 365 g/mol. The predicted octanol–water partition coefficient (Wildman–Crippen LogP) is 1.53. The van der Waals surface area contributed by atoms with Crippen molar-refractivity contribution in [3.63, 3.8) is 0 Å². The zero-order chi connectivity index (χ0) is 18.1. The highest BCUT2D eigenvalue weighted by atomic mass is 32.2. The van der Waals surface area contributed by atoms with E-state index in [1.54, 1.807) is 19.2 Å². The molecule has 2 rings (SSSR count). The van der Waals surface area contributed by atoms with Gasteiger partial charge in [-0.15, -0.1) is 0 Å². The molecule has 1 aromatic carbocycles. The average molecular weight is 365 g/mol. The lowest BCUT2D eigenvalue weighted by Crippen LogP contribution is -2.38. The van der Waals surface area contributed by atoms with Crippen LogP contribution in [0.1, 0.15) is 18.4 Å². The number of hydrogen-bond acceptors (Lipinski definition) is 4. The fourth-order valence-electron chi connectivity index (χ4n) is 2.58. The molecule has 0 amide bonds. The maximum absolute atomic E-state index is 11.5. The van der Waals surface area contributed by atoms with E-state index in [9.17, 15) is 8.42 Å². The van der Waals surface area contributed by atoms with E-state index < -0.39 is 9.84 Å². The summed E-state index contributed by atoms with van der Waals surface area (Å²) in [6.45, 7) is 3.11. The van der Waals surface area contributed by atoms with Crippen molar-refractivity contribution in [3.05, 3.63) is 41.5 Å². The largest absolute Gasteiger partial charge is 0.377 e. The predicted molar refractivity (Wildman–Crippen MR) is 101 cm³/mol. The van der Waals surface area contributed by atoms with Crippen molar-refractivity contribution in [1.82, 2.24) is 10.6 Å². The molecule has 0 fully saturated rings. The van der Waals surface area contributed by atoms with Gasteiger partial charge in [-0.3, -0.25) is 4.99 Å². The van der Waals surface area contributed by atoms with Gasteiger partial charge < -0.3 is 15.4 Å². The van der Waals surface area contributed by atoms with Gasteiger partial charge in [-0.2, -0.15) is 0 Å². The van der Waals surface area contributed by atoms with Crippen molar-refractivity contribution >= 4 is 15.8 Å². The Hall–Kier alpha value is -1.86. The van der Waals surface area contributed by atoms with E-state index in [0.717, 1.165) is 57.1 Å². The summed E-state index contributed by atoms with van der Waals surface area (Å²) in [7, 11) is -1.38. The van der Waals surface area contributed by atoms with Crippen LogP contribution < -0.4 is 10.6 Å². The summed E-state index contributed by atoms with van der Waals surface area (Å²) in [5, 5.41) is 6.59. The number of aliphatic imine (C=N–C) groups is 1. The Kier molecular flexibility index (Phi) is 7.46. The number of guanidine groups is 1. The molecule has 0 saturated heterocycles. The summed E-state index contributed by atoms with van der Waals surface area (Å²) in [5.74, 6) is 0.778. The van der Waals surface area contributed by atoms with Gasteiger partial charge in [-0.05, 0) is 37.0 Å². The van der Waals surface area contributed by atoms with Crippen molar-refractivity contribution in [2.75, 3.05) is 39.6 Å². The van der Waals surface area contributed by atoms with E-state index in [2.05, 4.69) is 21.7 Å². The number of benzene rings is 1. The van der Waals surface area contributed by atoms with Gasteiger partial charge in [-0.25, -0.2) is 8.42 Å². The molecule has 0 radical (unpaired) electrons. The molecule has 138 valence electrons. The highest BCUT2D eigenvalue weighted by Gasteiger charge is 2.06. The fourth-order valence-corrected chi connectivity index (χ4v) is 3.21. The number of nitrogens with one attached hydrogen (secondary N) is 2. The van der Waals surface area contributed by atoms with Crippen LogP contribution >= 0.6 is 0 Å². The minimum atomic E-state index is -3.13. The third-order valence-electron chi connectivity index (χ3n) is 4.08. The second-order valence-corrected chi connectivity index (χ2v) is 8.04. The van der Waals surface area contributed by atoms with Crippen LogP contribution in [0.2, 0.25) is 0 Å². The Bertz CT molecular complexity index is 710. The van der Waals surface area contributed by atoms with Gasteiger partial charge in [0, 0.05) is 26.4 Å². The van der Waals surface area contributed by atoms with E-state index >= 15 is 0 Å². The van der Waals surface area contributed by atoms with Crippen molar-refractivity contribution in [2.45, 2.75) is 24.2 Å². The van der Waals surface area contributed by atoms with Crippen molar-refractivity contribution < 1.29 is 13.2 Å². The first-order valence-corrected chi connectivity index (χ1v) is 10.4. The van der Waals surface area contributed by atoms with Crippen LogP contribution in [0.3, 0.4) is 0 Å². The number of rotatable bonds is 7. The smallest absolute Gasteiger partial charge is 0.190 e. The lowest BCUT2D eigenvalue weighted by molar-refractivity contribution is 0.153. The molecule has 1 aliphatic rings. The highest BCUT2D eigenvalue weighted by molar-refractivity contribution is 7.90. The Labute approximate surface area is 150 Å². The molecular formula is C18H27N3O3S. The first-order valence-electron chi connectivity index (χ1n) is 8.48. The topological polar surface area (TPSA) is 79.8 Å². The molecule has 0 unspecified atom stereocenters. The lowest BCUT2D eigenvalue weighted by Gasteiger charge is -2.15. The van der Waals surface area contributed by atoms with Gasteiger partial charge in [0.25, 0.3) is 0 Å². The van der Waals surface area contributed by atoms with E-state index in [0.29, 0.717) is 4.90 Å². The number of hydrogen-bond donors (Lipinski definition) is 2. The minimum Gasteiger partial charge on any atom is -0.377 e. The maximum atomic E-state index is 11.5. The molecule has 2 N–H and O–H groups in total. The van der Waals surface area contributed by atoms with E-state index in [4.69, 9.17) is 4.74 Å². The minimum absolute atomic E-state index is 0.351. The summed E-state index contributed by atoms with van der Waals surface area (Å²) >= 11 is 0. The average Bonchev–Trinajstić information content (AvgIpc) is 2.61. The van der Waals surface area contributed by atoms with Crippen LogP contribution in [0.15, 0.2) is 45.8 Å². The number of nitrogens with zero attached hydrogens (tertiary/aromatic N) is 1. The molecule has 0 spiro atoms. The zero-order valence-electron chi connectivity index (χ0n) is 14.9. The molecule has 0 atom stereocenters. The summed E-state index contributed by atoms with van der Waals surface area (Å²) in [4.78, 5) is 4.57. The van der Waals surface area contributed by atoms with Crippen molar-refractivity contribution in [2.24, 2.45) is 4.99 Å². The SMILES string of the molecule is CN=C(NCCC1=CCOCC1)NCCc1ccc(S(C)(=O)=O)cc1. The Morgan fingerprint density at radius 3 is 2.40 bits per heavy atom. The molecule has 1 aromatic rings. The van der Waals surface area contributed by atoms with Gasteiger partial charge >= 0.3 is 0 Å². The summed E-state index contributed by atoms with van der Waals surface area (Å²) < 4.78 is 28.2. The van der Waals surface area contributed by atoms with E-state index in [1.807, 2.05) is 12.1 Å². The molecule has 0 aromatic heterocycles. The highest BCUT2D eigenvalue weighted by Crippen LogP contribution is 2.11. The van der Waals surface area contributed by atoms with Gasteiger partial charge in [0.15, 0.2) is 15.8 Å². The van der Waals surface area contributed by atoms with Gasteiger partial charge in [0.1, 0.15) is 0 Å². The molecule has 0 aliphatic carbocycles. The standard InChI is InChI=1S/C18H27N3O3S/c1-19-18(21-12-8-16-9-13-24-14-10-16)20-11-7-15-3-5-17(6-4-15)25(2,22)23/h3-6,9H,7-8,10-14H2,1-2H3,(H2,19,20,21). The van der Waals surface area contributed by atoms with Gasteiger partial charge in [0.05, 0.1) is 18.1 Å². The maximum Gasteiger partial charge on any atom is 0.190 e. The molecule has 25 heavy (non-hydrogen) atoms. The quantitative estimate of drug-likeness (QED) is 0.435. The normalized spacial score (nSPS) is 15.6. The van der Waals surface area contributed by atoms with Crippen LogP contribution in [0.4, 0.5) is 0 Å². The third-order valence-corrected chi connectivity index (χ3v) is 5.21. The van der Waals surface area contributed by atoms with Gasteiger partial charge in [-0.1, -0.05) is 23.8 Å². The van der Waals surface area contributed by atoms with Crippen LogP contribution in [0.25, 0.3) is 0 Å². The lowest BCUT2D eigenvalue weighted by atomic mass is 10.1. The molecular weight excluding hydrogens is 338 g/mol. The Morgan fingerprint density at radius 2 is 1.84 bits per heavy atom. The molecule has 7 heteroatoms. The Balaban J connectivity index is 1.71. The molecule has 0 bridgehead atoms. The van der Waals surface area contributed by atoms with Gasteiger partial charge in [0.2, 0.25) is 0 Å². The fraction of sp³-hybridized carbons (Fsp3) is 0.500. The first kappa shape index (κ1) is 19.5. The van der Waals surface area contributed by atoms with Crippen LogP contribution in [0.5, 0.6) is 0 Å². The van der Waals surface area contributed by atoms with Crippen molar-refractivity contribution in [1.29, 1.82) is 0 Å². The summed E-state index contributed by atoms with van der Waals surface area (Å²) in [5.41, 5.74) is 2.52. The van der Waals surface area contributed by atoms with Crippen LogP contribution in [0, 0.1) is 0 Å². The third kappa shape index (κ3) is 6.88. The van der Waals surface area contributed by atoms with E-state index in [1.165, 1.54) is 11.8 Å². The molecule has 1 aliphatic heterocycles. The van der Waals surface area contributed by atoms with Crippen molar-refractivity contribution in [3.8, 4) is 0 Å². The zero-order valence-corrected chi connectivity index (χ0v) is 15.7. The Morgan fingerprint density at radius 1 is 1.16 bits per heavy atom. The summed E-state index contributed by atoms with van der Waals surface area (Å²) in [6, 6.07) is 7.01. The second-order valence-electron chi connectivity index (χ2n) is 6.03. The van der Waals surface area contributed by atoms with Crippen LogP contribution in [-0.2, 0) is 21.0 Å². The number of sulfone groups is 1. The molecule has 1 heterocycles. The van der Waals surface area contributed by atoms with Crippen LogP contribution in [-0.4, -0.2) is 54.0 Å². The molecule has 6 nitrogen and oxygen atoms in total. The van der Waals surface area contributed by atoms with E-state index in [-0.39, 0.29) is 0 Å². The number of ether oxygens (including phenoxy) is 1. The molecule has 0 saturated carbocycles. The second kappa shape index (κ2) is 9.58. The first-order chi connectivity index (χ1) is 12.0.